The summed E-state index contributed by atoms with van der Waals surface area (Å²) < 4.78 is 22.8. The lowest BCUT2D eigenvalue weighted by Gasteiger charge is -2.12. The summed E-state index contributed by atoms with van der Waals surface area (Å²) in [7, 11) is -3.71. The minimum Gasteiger partial charge on any atom is -0.225 e. The van der Waals surface area contributed by atoms with Crippen LogP contribution < -0.4 is 5.14 Å². The molecule has 0 aliphatic carbocycles. The van der Waals surface area contributed by atoms with Crippen molar-refractivity contribution in [3.63, 3.8) is 0 Å². The predicted octanol–water partition coefficient (Wildman–Crippen LogP) is 5.28. The summed E-state index contributed by atoms with van der Waals surface area (Å²) in [6.45, 7) is 1.87. The molecule has 0 unspecified atom stereocenters. The van der Waals surface area contributed by atoms with E-state index < -0.39 is 10.0 Å². The van der Waals surface area contributed by atoms with E-state index in [-0.39, 0.29) is 4.90 Å². The van der Waals surface area contributed by atoms with Crippen LogP contribution in [0.2, 0.25) is 10.0 Å². The molecule has 0 amide bonds. The highest BCUT2D eigenvalue weighted by Gasteiger charge is 2.12. The first-order valence-electron chi connectivity index (χ1n) is 7.45. The fraction of sp³-hybridized carbons (Fsp3) is 0.0526. The first-order chi connectivity index (χ1) is 11.8. The van der Waals surface area contributed by atoms with Crippen molar-refractivity contribution in [3.05, 3.63) is 76.3 Å². The molecular formula is C19H15Cl2NO2S. The number of hydrogen-bond donors (Lipinski definition) is 1. The summed E-state index contributed by atoms with van der Waals surface area (Å²) in [6.07, 6.45) is 0. The van der Waals surface area contributed by atoms with Gasteiger partial charge in [-0.2, -0.15) is 0 Å². The highest BCUT2D eigenvalue weighted by molar-refractivity contribution is 7.89. The maximum Gasteiger partial charge on any atom is 0.238 e. The van der Waals surface area contributed by atoms with Crippen LogP contribution in [0.5, 0.6) is 0 Å². The molecule has 0 aliphatic heterocycles. The number of halogens is 2. The third kappa shape index (κ3) is 3.72. The number of sulfonamides is 1. The molecule has 0 fully saturated rings. The minimum absolute atomic E-state index is 0.0788. The van der Waals surface area contributed by atoms with Crippen molar-refractivity contribution in [1.29, 1.82) is 0 Å². The molecule has 3 aromatic carbocycles. The molecule has 128 valence electrons. The van der Waals surface area contributed by atoms with E-state index in [0.717, 1.165) is 27.8 Å². The molecular weight excluding hydrogens is 377 g/mol. The van der Waals surface area contributed by atoms with Gasteiger partial charge in [-0.1, -0.05) is 59.6 Å². The summed E-state index contributed by atoms with van der Waals surface area (Å²) in [5.74, 6) is 0. The Balaban J connectivity index is 2.14. The lowest BCUT2D eigenvalue weighted by molar-refractivity contribution is 0.598. The standard InChI is InChI=1S/C19H15Cl2NO2S/c1-12-18(20)10-14(11-19(12)21)17-5-3-2-4-16(17)13-6-8-15(9-7-13)25(22,23)24/h2-11H,1H3,(H2,22,23,24). The monoisotopic (exact) mass is 391 g/mol. The van der Waals surface area contributed by atoms with Crippen molar-refractivity contribution in [3.8, 4) is 22.3 Å². The number of hydrogen-bond acceptors (Lipinski definition) is 2. The quantitative estimate of drug-likeness (QED) is 0.659. The molecule has 0 spiro atoms. The van der Waals surface area contributed by atoms with Gasteiger partial charge in [-0.25, -0.2) is 13.6 Å². The van der Waals surface area contributed by atoms with Crippen molar-refractivity contribution in [1.82, 2.24) is 0 Å². The van der Waals surface area contributed by atoms with Gasteiger partial charge in [0.1, 0.15) is 0 Å². The van der Waals surface area contributed by atoms with Gasteiger partial charge in [0.2, 0.25) is 10.0 Å². The van der Waals surface area contributed by atoms with Crippen LogP contribution in [0.15, 0.2) is 65.6 Å². The van der Waals surface area contributed by atoms with Crippen molar-refractivity contribution in [2.24, 2.45) is 5.14 Å². The molecule has 0 saturated carbocycles. The van der Waals surface area contributed by atoms with Gasteiger partial charge in [-0.05, 0) is 59.0 Å². The highest BCUT2D eigenvalue weighted by Crippen LogP contribution is 2.36. The second-order valence-electron chi connectivity index (χ2n) is 5.68. The van der Waals surface area contributed by atoms with Crippen LogP contribution >= 0.6 is 23.2 Å². The van der Waals surface area contributed by atoms with Crippen LogP contribution in [-0.2, 0) is 10.0 Å². The fourth-order valence-electron chi connectivity index (χ4n) is 2.61. The van der Waals surface area contributed by atoms with E-state index in [9.17, 15) is 8.42 Å². The molecule has 3 nitrogen and oxygen atoms in total. The summed E-state index contributed by atoms with van der Waals surface area (Å²) >= 11 is 12.5. The Morgan fingerprint density at radius 1 is 0.800 bits per heavy atom. The Bertz CT molecular complexity index is 1020. The van der Waals surface area contributed by atoms with Gasteiger partial charge in [-0.15, -0.1) is 0 Å². The molecule has 6 heteroatoms. The first kappa shape index (κ1) is 18.0. The molecule has 0 bridgehead atoms. The van der Waals surface area contributed by atoms with Crippen LogP contribution in [0, 0.1) is 6.92 Å². The van der Waals surface area contributed by atoms with E-state index in [1.807, 2.05) is 43.3 Å². The van der Waals surface area contributed by atoms with E-state index in [1.165, 1.54) is 12.1 Å². The number of primary sulfonamides is 1. The first-order valence-corrected chi connectivity index (χ1v) is 9.76. The van der Waals surface area contributed by atoms with Gasteiger partial charge in [-0.3, -0.25) is 0 Å². The zero-order chi connectivity index (χ0) is 18.2. The van der Waals surface area contributed by atoms with Crippen LogP contribution in [0.4, 0.5) is 0 Å². The van der Waals surface area contributed by atoms with E-state index in [2.05, 4.69) is 0 Å². The van der Waals surface area contributed by atoms with Crippen LogP contribution in [-0.4, -0.2) is 8.42 Å². The van der Waals surface area contributed by atoms with Gasteiger partial charge >= 0.3 is 0 Å². The van der Waals surface area contributed by atoms with Crippen molar-refractivity contribution < 1.29 is 8.42 Å². The Morgan fingerprint density at radius 3 is 1.76 bits per heavy atom. The third-order valence-corrected chi connectivity index (χ3v) is 5.73. The predicted molar refractivity (Wildman–Crippen MR) is 103 cm³/mol. The van der Waals surface area contributed by atoms with Gasteiger partial charge in [0, 0.05) is 10.0 Å². The number of benzene rings is 3. The maximum atomic E-state index is 11.4. The average molecular weight is 392 g/mol. The van der Waals surface area contributed by atoms with Crippen LogP contribution in [0.3, 0.4) is 0 Å². The zero-order valence-corrected chi connectivity index (χ0v) is 15.7. The van der Waals surface area contributed by atoms with Crippen molar-refractivity contribution >= 4 is 33.2 Å². The Morgan fingerprint density at radius 2 is 1.28 bits per heavy atom. The minimum atomic E-state index is -3.71. The van der Waals surface area contributed by atoms with Gasteiger partial charge in [0.15, 0.2) is 0 Å². The van der Waals surface area contributed by atoms with Gasteiger partial charge in [0.05, 0.1) is 4.90 Å². The molecule has 0 saturated heterocycles. The Hall–Kier alpha value is -1.85. The van der Waals surface area contributed by atoms with E-state index in [4.69, 9.17) is 28.3 Å². The molecule has 25 heavy (non-hydrogen) atoms. The summed E-state index contributed by atoms with van der Waals surface area (Å²) in [5, 5.41) is 6.35. The summed E-state index contributed by atoms with van der Waals surface area (Å²) in [6, 6.07) is 18.0. The molecule has 0 atom stereocenters. The van der Waals surface area contributed by atoms with Gasteiger partial charge in [0.25, 0.3) is 0 Å². The average Bonchev–Trinajstić information content (AvgIpc) is 2.58. The second-order valence-corrected chi connectivity index (χ2v) is 8.06. The molecule has 0 heterocycles. The maximum absolute atomic E-state index is 11.4. The zero-order valence-electron chi connectivity index (χ0n) is 13.3. The van der Waals surface area contributed by atoms with Gasteiger partial charge < -0.3 is 0 Å². The van der Waals surface area contributed by atoms with Crippen LogP contribution in [0.25, 0.3) is 22.3 Å². The molecule has 3 rings (SSSR count). The van der Waals surface area contributed by atoms with Crippen molar-refractivity contribution in [2.45, 2.75) is 11.8 Å². The SMILES string of the molecule is Cc1c(Cl)cc(-c2ccccc2-c2ccc(S(N)(=O)=O)cc2)cc1Cl. The molecule has 0 aliphatic rings. The Kier molecular flexibility index (Phi) is 4.89. The lowest BCUT2D eigenvalue weighted by atomic mass is 9.94. The van der Waals surface area contributed by atoms with E-state index in [1.54, 1.807) is 12.1 Å². The normalized spacial score (nSPS) is 11.5. The topological polar surface area (TPSA) is 60.2 Å². The number of rotatable bonds is 3. The second kappa shape index (κ2) is 6.81. The molecule has 0 radical (unpaired) electrons. The largest absolute Gasteiger partial charge is 0.238 e. The smallest absolute Gasteiger partial charge is 0.225 e. The Labute approximate surface area is 157 Å². The molecule has 0 aromatic heterocycles. The van der Waals surface area contributed by atoms with Crippen LogP contribution in [0.1, 0.15) is 5.56 Å². The third-order valence-electron chi connectivity index (χ3n) is 4.01. The summed E-state index contributed by atoms with van der Waals surface area (Å²) in [5.41, 5.74) is 4.50. The lowest BCUT2D eigenvalue weighted by Crippen LogP contribution is -2.11. The highest BCUT2D eigenvalue weighted by atomic mass is 35.5. The van der Waals surface area contributed by atoms with Crippen molar-refractivity contribution in [2.75, 3.05) is 0 Å². The van der Waals surface area contributed by atoms with E-state index in [0.29, 0.717) is 10.0 Å². The fourth-order valence-corrected chi connectivity index (χ4v) is 3.61. The molecule has 2 N–H and O–H groups in total. The van der Waals surface area contributed by atoms with E-state index >= 15 is 0 Å². The molecule has 3 aromatic rings. The number of nitrogens with two attached hydrogens (primary N) is 1. The summed E-state index contributed by atoms with van der Waals surface area (Å²) in [4.78, 5) is 0.0788.